The van der Waals surface area contributed by atoms with Crippen molar-refractivity contribution in [1.29, 1.82) is 0 Å². The number of benzene rings is 4. The Morgan fingerprint density at radius 3 is 1.15 bits per heavy atom. The predicted molar refractivity (Wildman–Crippen MR) is 133 cm³/mol. The highest BCUT2D eigenvalue weighted by Crippen LogP contribution is 2.33. The third kappa shape index (κ3) is 5.13. The molecule has 0 spiro atoms. The van der Waals surface area contributed by atoms with Crippen LogP contribution in [0.1, 0.15) is 43.0 Å². The van der Waals surface area contributed by atoms with E-state index in [1.165, 1.54) is 0 Å². The van der Waals surface area contributed by atoms with Gasteiger partial charge in [-0.05, 0) is 49.2 Å². The monoisotopic (exact) mass is 448 g/mol. The molecular formula is C30H24O4. The lowest BCUT2D eigenvalue weighted by Crippen LogP contribution is -2.12. The van der Waals surface area contributed by atoms with Crippen molar-refractivity contribution in [3.8, 4) is 0 Å². The van der Waals surface area contributed by atoms with Crippen LogP contribution in [0, 0.1) is 13.8 Å². The Labute approximate surface area is 199 Å². The van der Waals surface area contributed by atoms with Crippen LogP contribution in [-0.2, 0) is 9.47 Å². The molecule has 34 heavy (non-hydrogen) atoms. The average Bonchev–Trinajstić information content (AvgIpc) is 2.88. The summed E-state index contributed by atoms with van der Waals surface area (Å²) in [5.74, 6) is -0.711. The van der Waals surface area contributed by atoms with E-state index in [1.807, 2.05) is 74.5 Å². The van der Waals surface area contributed by atoms with Crippen molar-refractivity contribution in [3.63, 3.8) is 0 Å². The number of hydrogen-bond acceptors (Lipinski definition) is 4. The number of esters is 2. The molecule has 4 rings (SSSR count). The van der Waals surface area contributed by atoms with Gasteiger partial charge in [0.05, 0.1) is 11.1 Å². The van der Waals surface area contributed by atoms with Gasteiger partial charge >= 0.3 is 11.9 Å². The number of rotatable bonds is 6. The summed E-state index contributed by atoms with van der Waals surface area (Å²) in [7, 11) is 0. The smallest absolute Gasteiger partial charge is 0.343 e. The van der Waals surface area contributed by atoms with E-state index in [2.05, 4.69) is 0 Å². The van der Waals surface area contributed by atoms with Crippen LogP contribution >= 0.6 is 0 Å². The van der Waals surface area contributed by atoms with Gasteiger partial charge in [0.1, 0.15) is 0 Å². The van der Waals surface area contributed by atoms with Gasteiger partial charge in [0, 0.05) is 11.1 Å². The summed E-state index contributed by atoms with van der Waals surface area (Å²) in [4.78, 5) is 26.2. The maximum Gasteiger partial charge on any atom is 0.343 e. The lowest BCUT2D eigenvalue weighted by atomic mass is 10.0. The molecule has 4 nitrogen and oxygen atoms in total. The minimum Gasteiger partial charge on any atom is -0.418 e. The van der Waals surface area contributed by atoms with E-state index in [1.54, 1.807) is 48.5 Å². The van der Waals surface area contributed by atoms with Crippen LogP contribution in [0.25, 0.3) is 11.5 Å². The zero-order valence-electron chi connectivity index (χ0n) is 19.0. The van der Waals surface area contributed by atoms with Crippen molar-refractivity contribution in [1.82, 2.24) is 0 Å². The van der Waals surface area contributed by atoms with Crippen molar-refractivity contribution >= 4 is 23.5 Å². The molecule has 0 saturated carbocycles. The quantitative estimate of drug-likeness (QED) is 0.184. The van der Waals surface area contributed by atoms with Crippen molar-refractivity contribution in [3.05, 3.63) is 143 Å². The zero-order valence-corrected chi connectivity index (χ0v) is 19.0. The molecule has 0 aliphatic heterocycles. The second-order valence-corrected chi connectivity index (χ2v) is 7.80. The Morgan fingerprint density at radius 2 is 0.794 bits per heavy atom. The van der Waals surface area contributed by atoms with E-state index >= 15 is 0 Å². The van der Waals surface area contributed by atoms with Crippen LogP contribution in [-0.4, -0.2) is 11.9 Å². The Kier molecular flexibility index (Phi) is 6.99. The van der Waals surface area contributed by atoms with Gasteiger partial charge in [0.2, 0.25) is 0 Å². The first-order valence-electron chi connectivity index (χ1n) is 11.0. The van der Waals surface area contributed by atoms with E-state index in [9.17, 15) is 9.59 Å². The van der Waals surface area contributed by atoms with Gasteiger partial charge in [-0.15, -0.1) is 0 Å². The molecule has 0 unspecified atom stereocenters. The van der Waals surface area contributed by atoms with E-state index < -0.39 is 11.9 Å². The Hall–Kier alpha value is -4.44. The highest BCUT2D eigenvalue weighted by molar-refractivity contribution is 6.01. The lowest BCUT2D eigenvalue weighted by Gasteiger charge is -2.19. The molecule has 0 N–H and O–H groups in total. The molecular weight excluding hydrogens is 424 g/mol. The van der Waals surface area contributed by atoms with Crippen LogP contribution in [0.3, 0.4) is 0 Å². The summed E-state index contributed by atoms with van der Waals surface area (Å²) in [5.41, 5.74) is 3.86. The lowest BCUT2D eigenvalue weighted by molar-refractivity contribution is 0.0646. The minimum atomic E-state index is -0.541. The first-order valence-corrected chi connectivity index (χ1v) is 11.0. The highest BCUT2D eigenvalue weighted by atomic mass is 16.6. The number of hydrogen-bond donors (Lipinski definition) is 0. The second kappa shape index (κ2) is 10.5. The fourth-order valence-electron chi connectivity index (χ4n) is 3.55. The van der Waals surface area contributed by atoms with Crippen molar-refractivity contribution < 1.29 is 19.1 Å². The van der Waals surface area contributed by atoms with Crippen LogP contribution in [0.15, 0.2) is 109 Å². The fraction of sp³-hybridized carbons (Fsp3) is 0.0667. The summed E-state index contributed by atoms with van der Waals surface area (Å²) in [6.45, 7) is 3.83. The van der Waals surface area contributed by atoms with E-state index in [4.69, 9.17) is 9.47 Å². The molecule has 4 aromatic carbocycles. The fourth-order valence-corrected chi connectivity index (χ4v) is 3.55. The maximum absolute atomic E-state index is 13.1. The SMILES string of the molecule is Cc1ccccc1C(OC(=O)c1ccccc1)=C(OC(=O)c1ccccc1)c1ccccc1C. The minimum absolute atomic E-state index is 0.186. The summed E-state index contributed by atoms with van der Waals surface area (Å²) in [5, 5.41) is 0. The van der Waals surface area contributed by atoms with Gasteiger partial charge in [-0.1, -0.05) is 84.9 Å². The molecule has 0 fully saturated rings. The van der Waals surface area contributed by atoms with Gasteiger partial charge in [-0.25, -0.2) is 9.59 Å². The molecule has 0 heterocycles. The summed E-state index contributed by atoms with van der Waals surface area (Å²) >= 11 is 0. The molecule has 0 aromatic heterocycles. The van der Waals surface area contributed by atoms with Crippen LogP contribution in [0.2, 0.25) is 0 Å². The van der Waals surface area contributed by atoms with E-state index in [-0.39, 0.29) is 11.5 Å². The van der Waals surface area contributed by atoms with Crippen molar-refractivity contribution in [2.75, 3.05) is 0 Å². The Bertz CT molecular complexity index is 1230. The van der Waals surface area contributed by atoms with Gasteiger partial charge < -0.3 is 9.47 Å². The topological polar surface area (TPSA) is 52.6 Å². The molecule has 0 aliphatic rings. The third-order valence-corrected chi connectivity index (χ3v) is 5.39. The normalized spacial score (nSPS) is 11.4. The summed E-state index contributed by atoms with van der Waals surface area (Å²) in [6.07, 6.45) is 0. The van der Waals surface area contributed by atoms with Gasteiger partial charge in [0.15, 0.2) is 11.5 Å². The molecule has 0 radical (unpaired) electrons. The molecule has 0 amide bonds. The standard InChI is InChI=1S/C30H24O4/c1-21-13-9-11-19-25(21)27(33-29(31)23-15-5-3-6-16-23)28(26-20-12-10-14-22(26)2)34-30(32)24-17-7-4-8-18-24/h3-20H,1-2H3. The zero-order chi connectivity index (χ0) is 23.9. The molecule has 0 bridgehead atoms. The number of ether oxygens (including phenoxy) is 2. The van der Waals surface area contributed by atoms with E-state index in [0.29, 0.717) is 22.3 Å². The van der Waals surface area contributed by atoms with Crippen molar-refractivity contribution in [2.45, 2.75) is 13.8 Å². The summed E-state index contributed by atoms with van der Waals surface area (Å²) < 4.78 is 12.0. The van der Waals surface area contributed by atoms with Gasteiger partial charge in [-0.3, -0.25) is 0 Å². The van der Waals surface area contributed by atoms with E-state index in [0.717, 1.165) is 11.1 Å². The number of carbonyl (C=O) groups is 2. The summed E-state index contributed by atoms with van der Waals surface area (Å²) in [6, 6.07) is 32.5. The van der Waals surface area contributed by atoms with Crippen LogP contribution < -0.4 is 0 Å². The van der Waals surface area contributed by atoms with Crippen molar-refractivity contribution in [2.24, 2.45) is 0 Å². The number of carbonyl (C=O) groups excluding carboxylic acids is 2. The van der Waals surface area contributed by atoms with Gasteiger partial charge in [-0.2, -0.15) is 0 Å². The largest absolute Gasteiger partial charge is 0.418 e. The third-order valence-electron chi connectivity index (χ3n) is 5.39. The molecule has 4 heteroatoms. The first kappa shape index (κ1) is 22.7. The molecule has 0 atom stereocenters. The molecule has 4 aromatic rings. The predicted octanol–water partition coefficient (Wildman–Crippen LogP) is 6.84. The molecule has 0 aliphatic carbocycles. The highest BCUT2D eigenvalue weighted by Gasteiger charge is 2.24. The first-order chi connectivity index (χ1) is 16.5. The second-order valence-electron chi connectivity index (χ2n) is 7.80. The molecule has 0 saturated heterocycles. The molecule has 168 valence electrons. The Balaban J connectivity index is 1.91. The Morgan fingerprint density at radius 1 is 0.471 bits per heavy atom. The number of aryl methyl sites for hydroxylation is 2. The van der Waals surface area contributed by atoms with Crippen LogP contribution in [0.5, 0.6) is 0 Å². The van der Waals surface area contributed by atoms with Crippen LogP contribution in [0.4, 0.5) is 0 Å². The average molecular weight is 449 g/mol. The maximum atomic E-state index is 13.1. The van der Waals surface area contributed by atoms with Gasteiger partial charge in [0.25, 0.3) is 0 Å².